The topological polar surface area (TPSA) is 99.4 Å². The fraction of sp³-hybridized carbons (Fsp3) is 0.143. The molecule has 1 heterocycles. The van der Waals surface area contributed by atoms with Gasteiger partial charge in [-0.3, -0.25) is 0 Å². The second-order valence-corrected chi connectivity index (χ2v) is 2.46. The third-order valence-electron chi connectivity index (χ3n) is 1.72. The first kappa shape index (κ1) is 7.66. The molecule has 0 spiro atoms. The summed E-state index contributed by atoms with van der Waals surface area (Å²) in [6.07, 6.45) is 0. The molecule has 0 fully saturated rings. The summed E-state index contributed by atoms with van der Waals surface area (Å²) in [4.78, 5) is 0. The molecular formula is C7H6O6. The van der Waals surface area contributed by atoms with E-state index in [1.54, 1.807) is 0 Å². The van der Waals surface area contributed by atoms with Crippen LogP contribution in [0.5, 0.6) is 34.5 Å². The SMILES string of the molecule is Oc1c(O)c(O)c2c(c1O)OCO2. The largest absolute Gasteiger partial charge is 0.502 e. The van der Waals surface area contributed by atoms with Gasteiger partial charge in [0.1, 0.15) is 0 Å². The number of phenols is 4. The Hall–Kier alpha value is -1.98. The van der Waals surface area contributed by atoms with Crippen molar-refractivity contribution in [3.63, 3.8) is 0 Å². The number of fused-ring (bicyclic) bond motifs is 1. The Kier molecular flexibility index (Phi) is 1.33. The second-order valence-electron chi connectivity index (χ2n) is 2.46. The van der Waals surface area contributed by atoms with Crippen LogP contribution < -0.4 is 9.47 Å². The summed E-state index contributed by atoms with van der Waals surface area (Å²) in [7, 11) is 0. The molecule has 0 amide bonds. The van der Waals surface area contributed by atoms with E-state index in [2.05, 4.69) is 0 Å². The van der Waals surface area contributed by atoms with Gasteiger partial charge in [-0.1, -0.05) is 0 Å². The van der Waals surface area contributed by atoms with E-state index in [1.165, 1.54) is 0 Å². The summed E-state index contributed by atoms with van der Waals surface area (Å²) in [6, 6.07) is 0. The summed E-state index contributed by atoms with van der Waals surface area (Å²) >= 11 is 0. The van der Waals surface area contributed by atoms with Gasteiger partial charge >= 0.3 is 0 Å². The van der Waals surface area contributed by atoms with Crippen molar-refractivity contribution in [2.75, 3.05) is 6.79 Å². The van der Waals surface area contributed by atoms with Crippen LogP contribution in [0.15, 0.2) is 0 Å². The van der Waals surface area contributed by atoms with Crippen molar-refractivity contribution in [2.24, 2.45) is 0 Å². The lowest BCUT2D eigenvalue weighted by atomic mass is 10.2. The molecule has 70 valence electrons. The van der Waals surface area contributed by atoms with Crippen molar-refractivity contribution >= 4 is 0 Å². The van der Waals surface area contributed by atoms with Gasteiger partial charge in [0.15, 0.2) is 0 Å². The molecule has 0 saturated heterocycles. The lowest BCUT2D eigenvalue weighted by molar-refractivity contribution is 0.168. The fourth-order valence-electron chi connectivity index (χ4n) is 1.07. The number of phenolic OH excluding ortho intramolecular Hbond substituents is 4. The minimum Gasteiger partial charge on any atom is -0.502 e. The van der Waals surface area contributed by atoms with Gasteiger partial charge in [-0.05, 0) is 0 Å². The highest BCUT2D eigenvalue weighted by Gasteiger charge is 2.29. The van der Waals surface area contributed by atoms with Gasteiger partial charge in [0.2, 0.25) is 41.3 Å². The van der Waals surface area contributed by atoms with Gasteiger partial charge < -0.3 is 29.9 Å². The number of ether oxygens (including phenoxy) is 2. The quantitative estimate of drug-likeness (QED) is 0.342. The maximum atomic E-state index is 9.20. The molecule has 0 aliphatic carbocycles. The summed E-state index contributed by atoms with van der Waals surface area (Å²) in [5.41, 5.74) is 0. The molecule has 0 atom stereocenters. The molecule has 0 aromatic heterocycles. The molecule has 4 N–H and O–H groups in total. The molecule has 0 saturated carbocycles. The average molecular weight is 186 g/mol. The maximum Gasteiger partial charge on any atom is 0.231 e. The van der Waals surface area contributed by atoms with Crippen molar-refractivity contribution in [3.8, 4) is 34.5 Å². The minimum absolute atomic E-state index is 0.173. The molecule has 1 aromatic carbocycles. The van der Waals surface area contributed by atoms with Gasteiger partial charge in [0.05, 0.1) is 0 Å². The van der Waals surface area contributed by atoms with Gasteiger partial charge in [-0.25, -0.2) is 0 Å². The Bertz CT molecular complexity index is 337. The Morgan fingerprint density at radius 3 is 1.46 bits per heavy atom. The Morgan fingerprint density at radius 2 is 1.08 bits per heavy atom. The van der Waals surface area contributed by atoms with Crippen molar-refractivity contribution < 1.29 is 29.9 Å². The summed E-state index contributed by atoms with van der Waals surface area (Å²) in [5, 5.41) is 36.5. The van der Waals surface area contributed by atoms with Crippen molar-refractivity contribution in [1.82, 2.24) is 0 Å². The third-order valence-corrected chi connectivity index (χ3v) is 1.72. The lowest BCUT2D eigenvalue weighted by Gasteiger charge is -2.06. The smallest absolute Gasteiger partial charge is 0.231 e. The molecule has 1 aliphatic heterocycles. The Labute approximate surface area is 72.2 Å². The van der Waals surface area contributed by atoms with E-state index >= 15 is 0 Å². The van der Waals surface area contributed by atoms with Gasteiger partial charge in [0, 0.05) is 0 Å². The molecule has 0 unspecified atom stereocenters. The van der Waals surface area contributed by atoms with Gasteiger partial charge in [-0.15, -0.1) is 0 Å². The molecule has 0 bridgehead atoms. The number of rotatable bonds is 0. The summed E-state index contributed by atoms with van der Waals surface area (Å²) in [5.74, 6) is -3.31. The van der Waals surface area contributed by atoms with E-state index in [0.29, 0.717) is 0 Å². The Morgan fingerprint density at radius 1 is 0.692 bits per heavy atom. The van der Waals surface area contributed by atoms with Crippen molar-refractivity contribution in [1.29, 1.82) is 0 Å². The van der Waals surface area contributed by atoms with E-state index in [-0.39, 0.29) is 18.3 Å². The predicted molar refractivity (Wildman–Crippen MR) is 39.2 cm³/mol. The monoisotopic (exact) mass is 186 g/mol. The highest BCUT2D eigenvalue weighted by Crippen LogP contribution is 2.57. The van der Waals surface area contributed by atoms with Crippen LogP contribution in [-0.4, -0.2) is 27.2 Å². The van der Waals surface area contributed by atoms with Crippen LogP contribution in [0.2, 0.25) is 0 Å². The highest BCUT2D eigenvalue weighted by molar-refractivity contribution is 5.72. The zero-order valence-electron chi connectivity index (χ0n) is 6.31. The van der Waals surface area contributed by atoms with Crippen LogP contribution in [0, 0.1) is 0 Å². The molecule has 1 aliphatic rings. The van der Waals surface area contributed by atoms with Crippen LogP contribution in [-0.2, 0) is 0 Å². The summed E-state index contributed by atoms with van der Waals surface area (Å²) < 4.78 is 9.49. The third kappa shape index (κ3) is 0.821. The van der Waals surface area contributed by atoms with E-state index in [9.17, 15) is 10.2 Å². The standard InChI is InChI=1S/C7H6O6/c8-2-3(9)5(11)7-6(4(2)10)12-1-13-7/h8-11H,1H2. The van der Waals surface area contributed by atoms with Gasteiger partial charge in [-0.2, -0.15) is 0 Å². The van der Waals surface area contributed by atoms with E-state index in [4.69, 9.17) is 19.7 Å². The van der Waals surface area contributed by atoms with Crippen molar-refractivity contribution in [3.05, 3.63) is 0 Å². The second kappa shape index (κ2) is 2.25. The van der Waals surface area contributed by atoms with E-state index in [0.717, 1.165) is 0 Å². The molecular weight excluding hydrogens is 180 g/mol. The molecule has 6 nitrogen and oxygen atoms in total. The number of benzene rings is 1. The number of aromatic hydroxyl groups is 4. The number of hydrogen-bond acceptors (Lipinski definition) is 6. The van der Waals surface area contributed by atoms with Crippen LogP contribution in [0.1, 0.15) is 0 Å². The number of hydrogen-bond donors (Lipinski definition) is 4. The normalized spacial score (nSPS) is 13.2. The first-order valence-electron chi connectivity index (χ1n) is 3.38. The first-order valence-corrected chi connectivity index (χ1v) is 3.38. The molecule has 1 aromatic rings. The maximum absolute atomic E-state index is 9.20. The Balaban J connectivity index is 2.77. The van der Waals surface area contributed by atoms with Crippen LogP contribution in [0.3, 0.4) is 0 Å². The first-order chi connectivity index (χ1) is 6.13. The average Bonchev–Trinajstić information content (AvgIpc) is 2.59. The zero-order chi connectivity index (χ0) is 9.59. The predicted octanol–water partition coefficient (Wildman–Crippen LogP) is 0.238. The van der Waals surface area contributed by atoms with Gasteiger partial charge in [0.25, 0.3) is 0 Å². The highest BCUT2D eigenvalue weighted by atomic mass is 16.7. The van der Waals surface area contributed by atoms with Crippen LogP contribution >= 0.6 is 0 Å². The van der Waals surface area contributed by atoms with Crippen molar-refractivity contribution in [2.45, 2.75) is 0 Å². The lowest BCUT2D eigenvalue weighted by Crippen LogP contribution is -1.93. The summed E-state index contributed by atoms with van der Waals surface area (Å²) in [6.45, 7) is -0.181. The molecule has 6 heteroatoms. The molecule has 13 heavy (non-hydrogen) atoms. The van der Waals surface area contributed by atoms with E-state index < -0.39 is 23.0 Å². The minimum atomic E-state index is -0.832. The van der Waals surface area contributed by atoms with Crippen LogP contribution in [0.25, 0.3) is 0 Å². The zero-order valence-corrected chi connectivity index (χ0v) is 6.31. The fourth-order valence-corrected chi connectivity index (χ4v) is 1.07. The van der Waals surface area contributed by atoms with E-state index in [1.807, 2.05) is 0 Å². The molecule has 0 radical (unpaired) electrons. The molecule has 2 rings (SSSR count). The van der Waals surface area contributed by atoms with Crippen LogP contribution in [0.4, 0.5) is 0 Å².